The molecule has 10 heteroatoms. The van der Waals surface area contributed by atoms with Gasteiger partial charge in [-0.25, -0.2) is 0 Å². The van der Waals surface area contributed by atoms with Gasteiger partial charge in [0, 0.05) is 43.7 Å². The Morgan fingerprint density at radius 1 is 0.818 bits per heavy atom. The lowest BCUT2D eigenvalue weighted by molar-refractivity contribution is -0.125. The number of H-pyrrole nitrogens is 2. The summed E-state index contributed by atoms with van der Waals surface area (Å²) in [6.45, 7) is 2.12. The van der Waals surface area contributed by atoms with E-state index < -0.39 is 18.1 Å². The first-order valence-corrected chi connectivity index (χ1v) is 14.8. The highest BCUT2D eigenvalue weighted by Crippen LogP contribution is 2.31. The average Bonchev–Trinajstić information content (AvgIpc) is 3.71. The number of Topliss-reactive ketones (excluding diaryl/α,β-unsaturated/α-hetero) is 1. The van der Waals surface area contributed by atoms with E-state index in [0.717, 1.165) is 22.3 Å². The minimum absolute atomic E-state index is 0.0185. The lowest BCUT2D eigenvalue weighted by atomic mass is 9.82. The van der Waals surface area contributed by atoms with Crippen LogP contribution in [0.15, 0.2) is 73.3 Å². The van der Waals surface area contributed by atoms with Crippen LogP contribution in [0.1, 0.15) is 35.6 Å². The molecule has 4 rings (SSSR count). The van der Waals surface area contributed by atoms with Crippen LogP contribution < -0.4 is 14.8 Å². The molecule has 0 aliphatic heterocycles. The molecule has 7 N–H and O–H groups in total. The Bertz CT molecular complexity index is 1440. The monoisotopic (exact) mass is 605 g/mol. The number of benzene rings is 2. The first kappa shape index (κ1) is 32.7. The number of phenols is 2. The highest BCUT2D eigenvalue weighted by molar-refractivity contribution is 5.82. The van der Waals surface area contributed by atoms with Gasteiger partial charge in [-0.3, -0.25) is 10.1 Å². The van der Waals surface area contributed by atoms with Crippen molar-refractivity contribution >= 4 is 5.78 Å². The predicted molar refractivity (Wildman–Crippen MR) is 167 cm³/mol. The predicted octanol–water partition coefficient (Wildman–Crippen LogP) is 3.89. The van der Waals surface area contributed by atoms with Crippen molar-refractivity contribution in [2.24, 2.45) is 11.8 Å². The third-order valence-corrected chi connectivity index (χ3v) is 7.73. The van der Waals surface area contributed by atoms with Gasteiger partial charge in [0.1, 0.15) is 12.5 Å². The van der Waals surface area contributed by atoms with Crippen LogP contribution in [0.4, 0.5) is 0 Å². The first-order chi connectivity index (χ1) is 21.2. The number of ether oxygens (including phenoxy) is 2. The smallest absolute Gasteiger partial charge is 0.163 e. The molecule has 2 aromatic carbocycles. The Morgan fingerprint density at radius 3 is 2.00 bits per heavy atom. The van der Waals surface area contributed by atoms with E-state index in [-0.39, 0.29) is 42.1 Å². The fourth-order valence-electron chi connectivity index (χ4n) is 5.38. The zero-order chi connectivity index (χ0) is 31.5. The molecule has 0 saturated carbocycles. The van der Waals surface area contributed by atoms with Crippen molar-refractivity contribution in [1.29, 1.82) is 0 Å². The molecule has 0 radical (unpaired) electrons. The quantitative estimate of drug-likeness (QED) is 0.0664. The van der Waals surface area contributed by atoms with Gasteiger partial charge >= 0.3 is 0 Å². The molecule has 2 aromatic heterocycles. The second kappa shape index (κ2) is 16.0. The molecule has 0 saturated heterocycles. The zero-order valence-corrected chi connectivity index (χ0v) is 25.2. The van der Waals surface area contributed by atoms with Gasteiger partial charge in [-0.15, -0.1) is 0 Å². The molecule has 4 unspecified atom stereocenters. The summed E-state index contributed by atoms with van der Waals surface area (Å²) in [7, 11) is 1.49. The molecule has 0 spiro atoms. The van der Waals surface area contributed by atoms with E-state index in [1.807, 2.05) is 36.9 Å². The number of hydrogen-bond donors (Lipinski definition) is 7. The largest absolute Gasteiger partial charge is 0.504 e. The van der Waals surface area contributed by atoms with Crippen molar-refractivity contribution in [2.75, 3.05) is 20.4 Å². The van der Waals surface area contributed by atoms with Gasteiger partial charge in [0.2, 0.25) is 0 Å². The van der Waals surface area contributed by atoms with Gasteiger partial charge in [0.05, 0.1) is 19.3 Å². The van der Waals surface area contributed by atoms with E-state index in [0.29, 0.717) is 38.0 Å². The zero-order valence-electron chi connectivity index (χ0n) is 25.2. The number of aliphatic hydroxyl groups excluding tert-OH is 2. The second-order valence-electron chi connectivity index (χ2n) is 11.3. The molecule has 10 nitrogen and oxygen atoms in total. The number of aromatic hydroxyl groups is 2. The number of nitrogens with one attached hydrogen (secondary N) is 3. The van der Waals surface area contributed by atoms with Gasteiger partial charge in [-0.1, -0.05) is 12.1 Å². The first-order valence-electron chi connectivity index (χ1n) is 14.8. The Hall–Kier alpha value is -4.25. The lowest BCUT2D eigenvalue weighted by Gasteiger charge is -2.25. The van der Waals surface area contributed by atoms with Crippen molar-refractivity contribution in [3.63, 3.8) is 0 Å². The molecule has 44 heavy (non-hydrogen) atoms. The van der Waals surface area contributed by atoms with Crippen LogP contribution in [0.5, 0.6) is 23.0 Å². The minimum atomic E-state index is -0.912. The van der Waals surface area contributed by atoms with Gasteiger partial charge < -0.3 is 39.9 Å². The number of methoxy groups -OCH3 is 1. The van der Waals surface area contributed by atoms with Crippen molar-refractivity contribution in [1.82, 2.24) is 15.3 Å². The fraction of sp³-hybridized carbons (Fsp3) is 0.382. The Kier molecular flexibility index (Phi) is 11.9. The number of carbonyl (C=O) groups is 1. The highest BCUT2D eigenvalue weighted by atomic mass is 16.5. The molecule has 4 atom stereocenters. The Balaban J connectivity index is 1.50. The van der Waals surface area contributed by atoms with Gasteiger partial charge in [0.25, 0.3) is 0 Å². The van der Waals surface area contributed by atoms with Crippen LogP contribution in [0.3, 0.4) is 0 Å². The maximum absolute atomic E-state index is 13.9. The van der Waals surface area contributed by atoms with Gasteiger partial charge in [-0.2, -0.15) is 0 Å². The maximum atomic E-state index is 13.9. The van der Waals surface area contributed by atoms with Crippen LogP contribution in [0.25, 0.3) is 0 Å². The second-order valence-corrected chi connectivity index (χ2v) is 11.3. The molecule has 0 fully saturated rings. The number of aliphatic hydroxyl groups is 2. The third kappa shape index (κ3) is 9.63. The Labute approximate surface area is 257 Å². The number of ketones is 1. The van der Waals surface area contributed by atoms with E-state index in [1.54, 1.807) is 43.3 Å². The molecular formula is C34H43N3O7. The van der Waals surface area contributed by atoms with Crippen LogP contribution in [-0.4, -0.2) is 68.8 Å². The third-order valence-electron chi connectivity index (χ3n) is 7.73. The molecule has 0 amide bonds. The maximum Gasteiger partial charge on any atom is 0.163 e. The van der Waals surface area contributed by atoms with E-state index in [1.165, 1.54) is 7.11 Å². The topological polar surface area (TPSA) is 160 Å². The lowest BCUT2D eigenvalue weighted by Crippen LogP contribution is -2.31. The van der Waals surface area contributed by atoms with Gasteiger partial charge in [-0.05, 0) is 97.2 Å². The van der Waals surface area contributed by atoms with E-state index in [2.05, 4.69) is 15.3 Å². The highest BCUT2D eigenvalue weighted by Gasteiger charge is 2.28. The number of aromatic amines is 2. The summed E-state index contributed by atoms with van der Waals surface area (Å²) >= 11 is 0. The summed E-state index contributed by atoms with van der Waals surface area (Å²) in [5.41, 5.74) is 3.71. The van der Waals surface area contributed by atoms with E-state index in [9.17, 15) is 25.2 Å². The molecule has 0 aliphatic carbocycles. The normalized spacial score (nSPS) is 14.1. The summed E-state index contributed by atoms with van der Waals surface area (Å²) in [5, 5.41) is 44.3. The van der Waals surface area contributed by atoms with Crippen molar-refractivity contribution in [2.45, 2.75) is 51.2 Å². The van der Waals surface area contributed by atoms with E-state index in [4.69, 9.17) is 9.47 Å². The number of hydrogen-bond acceptors (Lipinski definition) is 8. The van der Waals surface area contributed by atoms with Crippen LogP contribution in [-0.2, 0) is 30.5 Å². The van der Waals surface area contributed by atoms with Crippen LogP contribution in [0.2, 0.25) is 0 Å². The number of aromatic nitrogens is 2. The molecule has 236 valence electrons. The summed E-state index contributed by atoms with van der Waals surface area (Å²) in [6, 6.07) is 14.1. The van der Waals surface area contributed by atoms with E-state index >= 15 is 0 Å². The molecule has 0 bridgehead atoms. The number of phenolic OH excluding ortho intramolecular Hbond substituents is 2. The van der Waals surface area contributed by atoms with Crippen LogP contribution >= 0.6 is 0 Å². The van der Waals surface area contributed by atoms with Crippen LogP contribution in [0, 0.1) is 11.8 Å². The SMILES string of the molecule is COc1cc(CC(Cc2cc[nH]c2)C(O)CC(=O)C(Cc2cc[nH]c2)Cc2ccc(O)c(OCNCC(C)O)c2)ccc1O. The fourth-order valence-corrected chi connectivity index (χ4v) is 5.38. The molecule has 2 heterocycles. The molecular weight excluding hydrogens is 562 g/mol. The molecule has 0 aliphatic rings. The Morgan fingerprint density at radius 2 is 1.39 bits per heavy atom. The summed E-state index contributed by atoms with van der Waals surface area (Å²) < 4.78 is 10.9. The van der Waals surface area contributed by atoms with Gasteiger partial charge in [0.15, 0.2) is 23.0 Å². The minimum Gasteiger partial charge on any atom is -0.504 e. The van der Waals surface area contributed by atoms with Crippen molar-refractivity contribution in [3.8, 4) is 23.0 Å². The summed E-state index contributed by atoms with van der Waals surface area (Å²) in [6.07, 6.45) is 7.87. The van der Waals surface area contributed by atoms with Crippen molar-refractivity contribution in [3.05, 3.63) is 95.6 Å². The standard InChI is InChI=1S/C34H43N3O7/c1-22(38)18-37-21-44-34-16-24(4-6-30(34)40)12-28(14-26-8-10-36-20-26)32(42)17-31(41)27(13-25-7-9-35-19-25)11-23-3-5-29(39)33(15-23)43-2/h3-10,15-16,19-20,22,27-28,31,35-41H,11-14,17-18,21H2,1-2H3. The average molecular weight is 606 g/mol. The summed E-state index contributed by atoms with van der Waals surface area (Å²) in [4.78, 5) is 20.0. The van der Waals surface area contributed by atoms with Crippen molar-refractivity contribution < 1.29 is 34.7 Å². The number of rotatable bonds is 18. The summed E-state index contributed by atoms with van der Waals surface area (Å²) in [5.74, 6) is -0.0845. The molecule has 4 aromatic rings. The number of carbonyl (C=O) groups excluding carboxylic acids is 1.